The number of nitrogens with one attached hydrogen (secondary N) is 2. The van der Waals surface area contributed by atoms with Crippen LogP contribution in [0, 0.1) is 11.3 Å². The number of carbonyl (C=O) groups is 2. The first-order valence-electron chi connectivity index (χ1n) is 9.63. The fraction of sp³-hybridized carbons (Fsp3) is 0.700. The number of nitrogens with zero attached hydrogens (tertiary/aromatic N) is 2. The fourth-order valence-electron chi connectivity index (χ4n) is 3.25. The predicted molar refractivity (Wildman–Crippen MR) is 102 cm³/mol. The van der Waals surface area contributed by atoms with Crippen LogP contribution in [0.2, 0.25) is 0 Å². The van der Waals surface area contributed by atoms with Crippen molar-refractivity contribution in [2.45, 2.75) is 78.3 Å². The lowest BCUT2D eigenvalue weighted by molar-refractivity contribution is -0.123. The van der Waals surface area contributed by atoms with Gasteiger partial charge in [-0.2, -0.15) is 0 Å². The zero-order valence-electron chi connectivity index (χ0n) is 16.4. The normalized spacial score (nSPS) is 18.0. The molecule has 1 fully saturated rings. The molecule has 0 aromatic carbocycles. The third-order valence-corrected chi connectivity index (χ3v) is 5.41. The quantitative estimate of drug-likeness (QED) is 0.816. The van der Waals surface area contributed by atoms with Gasteiger partial charge in [-0.3, -0.25) is 14.6 Å². The summed E-state index contributed by atoms with van der Waals surface area (Å²) < 4.78 is 0. The van der Waals surface area contributed by atoms with E-state index in [1.807, 2.05) is 6.92 Å². The van der Waals surface area contributed by atoms with Crippen molar-refractivity contribution in [3.63, 3.8) is 0 Å². The van der Waals surface area contributed by atoms with Crippen LogP contribution in [0.3, 0.4) is 0 Å². The summed E-state index contributed by atoms with van der Waals surface area (Å²) in [6.07, 6.45) is 10.4. The Kier molecular flexibility index (Phi) is 7.12. The van der Waals surface area contributed by atoms with Crippen molar-refractivity contribution in [3.8, 4) is 0 Å². The topological polar surface area (TPSA) is 84.0 Å². The van der Waals surface area contributed by atoms with E-state index in [1.165, 1.54) is 25.0 Å². The molecule has 6 nitrogen and oxygen atoms in total. The van der Waals surface area contributed by atoms with E-state index in [0.717, 1.165) is 25.7 Å². The van der Waals surface area contributed by atoms with Gasteiger partial charge in [0.25, 0.3) is 5.91 Å². The first kappa shape index (κ1) is 20.3. The van der Waals surface area contributed by atoms with Gasteiger partial charge in [0.1, 0.15) is 5.69 Å². The molecule has 0 saturated heterocycles. The second-order valence-electron chi connectivity index (χ2n) is 8.43. The molecule has 1 heterocycles. The van der Waals surface area contributed by atoms with Crippen LogP contribution < -0.4 is 10.6 Å². The van der Waals surface area contributed by atoms with E-state index in [4.69, 9.17) is 0 Å². The highest BCUT2D eigenvalue weighted by Crippen LogP contribution is 2.28. The van der Waals surface area contributed by atoms with Crippen LogP contribution in [-0.4, -0.2) is 33.9 Å². The molecular formula is C20H32N4O2. The van der Waals surface area contributed by atoms with Crippen LogP contribution in [0.15, 0.2) is 18.6 Å². The maximum absolute atomic E-state index is 12.6. The van der Waals surface area contributed by atoms with Crippen molar-refractivity contribution < 1.29 is 9.59 Å². The Hall–Kier alpha value is -1.98. The monoisotopic (exact) mass is 360 g/mol. The molecule has 144 valence electrons. The van der Waals surface area contributed by atoms with E-state index in [9.17, 15) is 9.59 Å². The molecule has 2 rings (SSSR count). The van der Waals surface area contributed by atoms with Gasteiger partial charge in [0.2, 0.25) is 5.91 Å². The molecule has 26 heavy (non-hydrogen) atoms. The zero-order valence-corrected chi connectivity index (χ0v) is 16.4. The second-order valence-corrected chi connectivity index (χ2v) is 8.43. The highest BCUT2D eigenvalue weighted by atomic mass is 16.2. The first-order valence-corrected chi connectivity index (χ1v) is 9.63. The molecule has 6 heteroatoms. The molecule has 1 aromatic rings. The molecule has 0 radical (unpaired) electrons. The zero-order chi connectivity index (χ0) is 19.2. The average Bonchev–Trinajstić information content (AvgIpc) is 2.61. The number of amides is 2. The van der Waals surface area contributed by atoms with Gasteiger partial charge < -0.3 is 10.6 Å². The lowest BCUT2D eigenvalue weighted by Crippen LogP contribution is -2.47. The number of rotatable bonds is 6. The SMILES string of the molecule is CC(NC(=O)CC(NC(=O)c1cnccn1)C1CCCCC1)C(C)(C)C. The number of hydrogen-bond acceptors (Lipinski definition) is 4. The molecule has 1 aliphatic carbocycles. The minimum atomic E-state index is -0.259. The molecule has 1 saturated carbocycles. The minimum absolute atomic E-state index is 0.00112. The molecule has 2 amide bonds. The summed E-state index contributed by atoms with van der Waals surface area (Å²) in [7, 11) is 0. The Morgan fingerprint density at radius 1 is 1.15 bits per heavy atom. The Balaban J connectivity index is 2.03. The highest BCUT2D eigenvalue weighted by Gasteiger charge is 2.29. The van der Waals surface area contributed by atoms with Crippen LogP contribution in [0.25, 0.3) is 0 Å². The van der Waals surface area contributed by atoms with Crippen LogP contribution in [0.4, 0.5) is 0 Å². The Morgan fingerprint density at radius 2 is 1.85 bits per heavy atom. The summed E-state index contributed by atoms with van der Waals surface area (Å²) >= 11 is 0. The Labute approximate surface area is 156 Å². The van der Waals surface area contributed by atoms with Gasteiger partial charge in [-0.15, -0.1) is 0 Å². The molecular weight excluding hydrogens is 328 g/mol. The molecule has 2 N–H and O–H groups in total. The summed E-state index contributed by atoms with van der Waals surface area (Å²) in [5.41, 5.74) is 0.288. The number of carbonyl (C=O) groups excluding carboxylic acids is 2. The van der Waals surface area contributed by atoms with Crippen molar-refractivity contribution in [2.24, 2.45) is 11.3 Å². The number of hydrogen-bond donors (Lipinski definition) is 2. The molecule has 1 aromatic heterocycles. The first-order chi connectivity index (χ1) is 12.3. The van der Waals surface area contributed by atoms with Crippen molar-refractivity contribution in [3.05, 3.63) is 24.3 Å². The summed E-state index contributed by atoms with van der Waals surface area (Å²) in [6.45, 7) is 8.33. The standard InChI is InChI=1S/C20H32N4O2/c1-14(20(2,3)4)23-18(25)12-16(15-8-6-5-7-9-15)24-19(26)17-13-21-10-11-22-17/h10-11,13-16H,5-9,12H2,1-4H3,(H,23,25)(H,24,26). The van der Waals surface area contributed by atoms with E-state index < -0.39 is 0 Å². The van der Waals surface area contributed by atoms with Crippen molar-refractivity contribution in [2.75, 3.05) is 0 Å². The molecule has 1 aliphatic rings. The lowest BCUT2D eigenvalue weighted by Gasteiger charge is -2.32. The van der Waals surface area contributed by atoms with Crippen molar-refractivity contribution >= 4 is 11.8 Å². The summed E-state index contributed by atoms with van der Waals surface area (Å²) in [5.74, 6) is 0.0628. The fourth-order valence-corrected chi connectivity index (χ4v) is 3.25. The summed E-state index contributed by atoms with van der Waals surface area (Å²) in [6, 6.07) is -0.102. The van der Waals surface area contributed by atoms with Gasteiger partial charge in [0.15, 0.2) is 0 Å². The van der Waals surface area contributed by atoms with E-state index >= 15 is 0 Å². The minimum Gasteiger partial charge on any atom is -0.353 e. The largest absolute Gasteiger partial charge is 0.353 e. The smallest absolute Gasteiger partial charge is 0.271 e. The van der Waals surface area contributed by atoms with Gasteiger partial charge in [-0.1, -0.05) is 40.0 Å². The molecule has 0 bridgehead atoms. The van der Waals surface area contributed by atoms with E-state index in [1.54, 1.807) is 0 Å². The van der Waals surface area contributed by atoms with E-state index in [2.05, 4.69) is 41.4 Å². The molecule has 2 atom stereocenters. The van der Waals surface area contributed by atoms with Crippen LogP contribution in [-0.2, 0) is 4.79 Å². The van der Waals surface area contributed by atoms with Crippen molar-refractivity contribution in [1.29, 1.82) is 0 Å². The number of aromatic nitrogens is 2. The maximum Gasteiger partial charge on any atom is 0.271 e. The third-order valence-electron chi connectivity index (χ3n) is 5.41. The van der Waals surface area contributed by atoms with E-state index in [0.29, 0.717) is 12.3 Å². The van der Waals surface area contributed by atoms with Gasteiger partial charge >= 0.3 is 0 Å². The average molecular weight is 361 g/mol. The van der Waals surface area contributed by atoms with Crippen LogP contribution >= 0.6 is 0 Å². The highest BCUT2D eigenvalue weighted by molar-refractivity contribution is 5.92. The Bertz CT molecular complexity index is 592. The lowest BCUT2D eigenvalue weighted by atomic mass is 9.82. The summed E-state index contributed by atoms with van der Waals surface area (Å²) in [5, 5.41) is 6.13. The molecule has 0 spiro atoms. The van der Waals surface area contributed by atoms with Gasteiger partial charge in [-0.25, -0.2) is 4.98 Å². The predicted octanol–water partition coefficient (Wildman–Crippen LogP) is 3.10. The summed E-state index contributed by atoms with van der Waals surface area (Å²) in [4.78, 5) is 33.1. The van der Waals surface area contributed by atoms with Gasteiger partial charge in [-0.05, 0) is 31.1 Å². The molecule has 0 aliphatic heterocycles. The Morgan fingerprint density at radius 3 is 2.42 bits per heavy atom. The second kappa shape index (κ2) is 9.10. The maximum atomic E-state index is 12.6. The van der Waals surface area contributed by atoms with Crippen LogP contribution in [0.1, 0.15) is 76.7 Å². The van der Waals surface area contributed by atoms with Crippen LogP contribution in [0.5, 0.6) is 0 Å². The van der Waals surface area contributed by atoms with Gasteiger partial charge in [0, 0.05) is 30.9 Å². The molecule has 2 unspecified atom stereocenters. The van der Waals surface area contributed by atoms with E-state index in [-0.39, 0.29) is 35.0 Å². The van der Waals surface area contributed by atoms with Crippen molar-refractivity contribution in [1.82, 2.24) is 20.6 Å². The van der Waals surface area contributed by atoms with Gasteiger partial charge in [0.05, 0.1) is 6.20 Å². The third kappa shape index (κ3) is 6.07.